The van der Waals surface area contributed by atoms with Crippen molar-refractivity contribution in [2.24, 2.45) is 0 Å². The van der Waals surface area contributed by atoms with Crippen LogP contribution < -0.4 is 20.3 Å². The van der Waals surface area contributed by atoms with Crippen LogP contribution in [0, 0.1) is 0 Å². The van der Waals surface area contributed by atoms with E-state index in [1.165, 1.54) is 0 Å². The number of nitrogens with zero attached hydrogens (tertiary/aromatic N) is 1. The van der Waals surface area contributed by atoms with E-state index in [-0.39, 0.29) is 5.91 Å². The lowest BCUT2D eigenvalue weighted by molar-refractivity contribution is -0.119. The zero-order valence-corrected chi connectivity index (χ0v) is 14.9. The van der Waals surface area contributed by atoms with Crippen LogP contribution in [-0.2, 0) is 4.79 Å². The predicted octanol–water partition coefficient (Wildman–Crippen LogP) is 4.02. The number of para-hydroxylation sites is 1. The zero-order valence-electron chi connectivity index (χ0n) is 14.1. The lowest BCUT2D eigenvalue weighted by Gasteiger charge is -2.28. The van der Waals surface area contributed by atoms with Gasteiger partial charge < -0.3 is 20.3 Å². The van der Waals surface area contributed by atoms with Crippen LogP contribution in [0.1, 0.15) is 19.3 Å². The molecule has 1 saturated heterocycles. The van der Waals surface area contributed by atoms with Crippen molar-refractivity contribution in [2.45, 2.75) is 19.3 Å². The van der Waals surface area contributed by atoms with Crippen molar-refractivity contribution in [3.63, 3.8) is 0 Å². The van der Waals surface area contributed by atoms with Crippen molar-refractivity contribution in [1.29, 1.82) is 0 Å². The molecule has 1 amide bonds. The Morgan fingerprint density at radius 2 is 1.84 bits per heavy atom. The third-order valence-corrected chi connectivity index (χ3v) is 4.29. The third kappa shape index (κ3) is 4.28. The Kier molecular flexibility index (Phi) is 5.50. The summed E-state index contributed by atoms with van der Waals surface area (Å²) in [5.74, 6) is 0.814. The highest BCUT2D eigenvalue weighted by molar-refractivity contribution is 7.80. The van der Waals surface area contributed by atoms with Crippen LogP contribution in [0.15, 0.2) is 48.5 Å². The number of carbonyl (C=O) groups is 1. The minimum Gasteiger partial charge on any atom is -0.495 e. The summed E-state index contributed by atoms with van der Waals surface area (Å²) in [5.41, 5.74) is 2.50. The first-order chi connectivity index (χ1) is 12.2. The first kappa shape index (κ1) is 17.2. The molecular weight excluding hydrogens is 334 g/mol. The van der Waals surface area contributed by atoms with E-state index < -0.39 is 0 Å². The fourth-order valence-corrected chi connectivity index (χ4v) is 3.09. The quantitative estimate of drug-likeness (QED) is 0.811. The summed E-state index contributed by atoms with van der Waals surface area (Å²) in [7, 11) is 1.61. The van der Waals surface area contributed by atoms with Gasteiger partial charge in [-0.05, 0) is 55.4 Å². The topological polar surface area (TPSA) is 53.6 Å². The number of ether oxygens (including phenoxy) is 1. The number of nitrogens with one attached hydrogen (secondary N) is 2. The molecule has 0 saturated carbocycles. The summed E-state index contributed by atoms with van der Waals surface area (Å²) in [6, 6.07) is 15.4. The number of hydrogen-bond acceptors (Lipinski definition) is 3. The molecule has 1 fully saturated rings. The summed E-state index contributed by atoms with van der Waals surface area (Å²) in [4.78, 5) is 14.0. The number of hydrogen-bond donors (Lipinski definition) is 2. The SMILES string of the molecule is COc1ccc(NC(=S)Nc2ccccc2)cc1N1CCCCC1=O. The van der Waals surface area contributed by atoms with Gasteiger partial charge in [0.15, 0.2) is 5.11 Å². The van der Waals surface area contributed by atoms with Crippen molar-refractivity contribution in [2.75, 3.05) is 29.2 Å². The van der Waals surface area contributed by atoms with Crippen molar-refractivity contribution < 1.29 is 9.53 Å². The number of rotatable bonds is 4. The Balaban J connectivity index is 1.77. The van der Waals surface area contributed by atoms with Crippen LogP contribution in [0.4, 0.5) is 17.1 Å². The van der Waals surface area contributed by atoms with Gasteiger partial charge in [0.05, 0.1) is 12.8 Å². The molecule has 0 bridgehead atoms. The smallest absolute Gasteiger partial charge is 0.227 e. The molecule has 1 aliphatic heterocycles. The number of carbonyl (C=O) groups excluding carboxylic acids is 1. The van der Waals surface area contributed by atoms with Gasteiger partial charge in [0, 0.05) is 24.3 Å². The molecule has 5 nitrogen and oxygen atoms in total. The summed E-state index contributed by atoms with van der Waals surface area (Å²) in [6.45, 7) is 0.714. The van der Waals surface area contributed by atoms with Gasteiger partial charge in [-0.2, -0.15) is 0 Å². The highest BCUT2D eigenvalue weighted by Gasteiger charge is 2.22. The number of methoxy groups -OCH3 is 1. The lowest BCUT2D eigenvalue weighted by atomic mass is 10.1. The molecule has 0 unspecified atom stereocenters. The van der Waals surface area contributed by atoms with Crippen LogP contribution in [0.2, 0.25) is 0 Å². The molecule has 2 aromatic rings. The second-order valence-corrected chi connectivity index (χ2v) is 6.24. The Morgan fingerprint density at radius 1 is 1.08 bits per heavy atom. The first-order valence-corrected chi connectivity index (χ1v) is 8.69. The van der Waals surface area contributed by atoms with E-state index in [4.69, 9.17) is 17.0 Å². The minimum atomic E-state index is 0.131. The summed E-state index contributed by atoms with van der Waals surface area (Å²) in [6.07, 6.45) is 2.52. The monoisotopic (exact) mass is 355 g/mol. The van der Waals surface area contributed by atoms with Crippen molar-refractivity contribution in [1.82, 2.24) is 0 Å². The van der Waals surface area contributed by atoms with Gasteiger partial charge in [0.2, 0.25) is 5.91 Å². The first-order valence-electron chi connectivity index (χ1n) is 8.29. The standard InChI is InChI=1S/C19H21N3O2S/c1-24-17-11-10-15(13-16(17)22-12-6-5-9-18(22)23)21-19(25)20-14-7-3-2-4-8-14/h2-4,7-8,10-11,13H,5-6,9,12H2,1H3,(H2,20,21,25). The second-order valence-electron chi connectivity index (χ2n) is 5.83. The maximum Gasteiger partial charge on any atom is 0.227 e. The van der Waals surface area contributed by atoms with Gasteiger partial charge in [0.1, 0.15) is 5.75 Å². The third-order valence-electron chi connectivity index (χ3n) is 4.08. The Labute approximate surface area is 153 Å². The van der Waals surface area contributed by atoms with Gasteiger partial charge in [0.25, 0.3) is 0 Å². The van der Waals surface area contributed by atoms with E-state index in [9.17, 15) is 4.79 Å². The number of amides is 1. The summed E-state index contributed by atoms with van der Waals surface area (Å²) < 4.78 is 5.43. The molecule has 6 heteroatoms. The van der Waals surface area contributed by atoms with Gasteiger partial charge in [-0.3, -0.25) is 4.79 Å². The molecule has 0 spiro atoms. The van der Waals surface area contributed by atoms with Crippen LogP contribution >= 0.6 is 12.2 Å². The number of piperidine rings is 1. The number of anilines is 3. The average Bonchev–Trinajstić information content (AvgIpc) is 2.63. The summed E-state index contributed by atoms with van der Waals surface area (Å²) >= 11 is 5.37. The number of thiocarbonyl (C=S) groups is 1. The highest BCUT2D eigenvalue weighted by Crippen LogP contribution is 2.33. The van der Waals surface area contributed by atoms with Crippen LogP contribution in [-0.4, -0.2) is 24.7 Å². The molecule has 0 aromatic heterocycles. The predicted molar refractivity (Wildman–Crippen MR) is 105 cm³/mol. The van der Waals surface area contributed by atoms with Crippen LogP contribution in [0.3, 0.4) is 0 Å². The van der Waals surface area contributed by atoms with Gasteiger partial charge in [-0.15, -0.1) is 0 Å². The molecule has 2 aromatic carbocycles. The molecule has 1 heterocycles. The van der Waals surface area contributed by atoms with Crippen molar-refractivity contribution in [3.8, 4) is 5.75 Å². The van der Waals surface area contributed by atoms with E-state index in [2.05, 4.69) is 10.6 Å². The van der Waals surface area contributed by atoms with Gasteiger partial charge >= 0.3 is 0 Å². The molecular formula is C19H21N3O2S. The molecule has 1 aliphatic rings. The van der Waals surface area contributed by atoms with E-state index in [0.29, 0.717) is 23.8 Å². The largest absolute Gasteiger partial charge is 0.495 e. The Morgan fingerprint density at radius 3 is 2.56 bits per heavy atom. The molecule has 0 atom stereocenters. The second kappa shape index (κ2) is 7.98. The summed E-state index contributed by atoms with van der Waals surface area (Å²) in [5, 5.41) is 6.79. The van der Waals surface area contributed by atoms with E-state index >= 15 is 0 Å². The molecule has 0 aliphatic carbocycles. The molecule has 25 heavy (non-hydrogen) atoms. The average molecular weight is 355 g/mol. The number of benzene rings is 2. The molecule has 0 radical (unpaired) electrons. The van der Waals surface area contributed by atoms with E-state index in [1.807, 2.05) is 48.5 Å². The Bertz CT molecular complexity index is 765. The van der Waals surface area contributed by atoms with Crippen molar-refractivity contribution in [3.05, 3.63) is 48.5 Å². The van der Waals surface area contributed by atoms with Gasteiger partial charge in [-0.1, -0.05) is 18.2 Å². The zero-order chi connectivity index (χ0) is 17.6. The highest BCUT2D eigenvalue weighted by atomic mass is 32.1. The molecule has 3 rings (SSSR count). The van der Waals surface area contributed by atoms with Gasteiger partial charge in [-0.25, -0.2) is 0 Å². The van der Waals surface area contributed by atoms with Crippen LogP contribution in [0.5, 0.6) is 5.75 Å². The molecule has 2 N–H and O–H groups in total. The lowest BCUT2D eigenvalue weighted by Crippen LogP contribution is -2.35. The fraction of sp³-hybridized carbons (Fsp3) is 0.263. The Hall–Kier alpha value is -2.60. The van der Waals surface area contributed by atoms with Crippen molar-refractivity contribution >= 4 is 40.3 Å². The van der Waals surface area contributed by atoms with Crippen LogP contribution in [0.25, 0.3) is 0 Å². The molecule has 130 valence electrons. The minimum absolute atomic E-state index is 0.131. The van der Waals surface area contributed by atoms with E-state index in [1.54, 1.807) is 12.0 Å². The van der Waals surface area contributed by atoms with E-state index in [0.717, 1.165) is 29.9 Å². The fourth-order valence-electron chi connectivity index (χ4n) is 2.85. The maximum atomic E-state index is 12.2. The maximum absolute atomic E-state index is 12.2. The normalized spacial score (nSPS) is 14.1.